The van der Waals surface area contributed by atoms with E-state index in [1.54, 1.807) is 0 Å². The quantitative estimate of drug-likeness (QED) is 0.621. The fourth-order valence-electron chi connectivity index (χ4n) is 2.21. The first-order valence-electron chi connectivity index (χ1n) is 7.88. The van der Waals surface area contributed by atoms with Gasteiger partial charge >= 0.3 is 0 Å². The minimum atomic E-state index is -0.0171. The van der Waals surface area contributed by atoms with Gasteiger partial charge in [0.05, 0.1) is 19.8 Å². The Kier molecular flexibility index (Phi) is 8.40. The van der Waals surface area contributed by atoms with Crippen LogP contribution >= 0.6 is 0 Å². The molecule has 1 aliphatic rings. The topological polar surface area (TPSA) is 36.9 Å². The highest BCUT2D eigenvalue weighted by Crippen LogP contribution is 2.13. The summed E-state index contributed by atoms with van der Waals surface area (Å²) in [4.78, 5) is 0. The number of rotatable bonds is 10. The van der Waals surface area contributed by atoms with Crippen LogP contribution in [-0.2, 0) is 25.6 Å². The van der Waals surface area contributed by atoms with Crippen LogP contribution in [0.3, 0.4) is 0 Å². The highest BCUT2D eigenvalue weighted by atomic mass is 16.7. The van der Waals surface area contributed by atoms with Gasteiger partial charge in [-0.15, -0.1) is 0 Å². The van der Waals surface area contributed by atoms with E-state index >= 15 is 0 Å². The summed E-state index contributed by atoms with van der Waals surface area (Å²) in [5.74, 6) is 0. The lowest BCUT2D eigenvalue weighted by molar-refractivity contribution is -0.169. The largest absolute Gasteiger partial charge is 0.379 e. The third kappa shape index (κ3) is 7.58. The summed E-state index contributed by atoms with van der Waals surface area (Å²) in [6, 6.07) is 10.2. The van der Waals surface area contributed by atoms with E-state index in [-0.39, 0.29) is 6.29 Å². The predicted octanol–water partition coefficient (Wildman–Crippen LogP) is 3.15. The van der Waals surface area contributed by atoms with Crippen molar-refractivity contribution in [3.8, 4) is 0 Å². The molecule has 4 nitrogen and oxygen atoms in total. The summed E-state index contributed by atoms with van der Waals surface area (Å²) < 4.78 is 22.2. The van der Waals surface area contributed by atoms with Crippen molar-refractivity contribution >= 4 is 0 Å². The molecule has 0 bridgehead atoms. The highest BCUT2D eigenvalue weighted by Gasteiger charge is 2.13. The lowest BCUT2D eigenvalue weighted by Gasteiger charge is -2.22. The Morgan fingerprint density at radius 2 is 1.81 bits per heavy atom. The molecule has 0 unspecified atom stereocenters. The zero-order valence-corrected chi connectivity index (χ0v) is 12.7. The van der Waals surface area contributed by atoms with E-state index in [0.717, 1.165) is 32.5 Å². The molecular formula is C17H26O4. The second-order valence-electron chi connectivity index (χ2n) is 5.17. The van der Waals surface area contributed by atoms with E-state index in [2.05, 4.69) is 12.1 Å². The second-order valence-corrected chi connectivity index (χ2v) is 5.17. The first-order valence-corrected chi connectivity index (χ1v) is 7.88. The third-order valence-corrected chi connectivity index (χ3v) is 3.36. The first kappa shape index (κ1) is 16.4. The van der Waals surface area contributed by atoms with Gasteiger partial charge in [-0.25, -0.2) is 0 Å². The molecule has 0 spiro atoms. The lowest BCUT2D eigenvalue weighted by atomic mass is 10.2. The van der Waals surface area contributed by atoms with Gasteiger partial charge < -0.3 is 18.9 Å². The van der Waals surface area contributed by atoms with E-state index < -0.39 is 0 Å². The predicted molar refractivity (Wildman–Crippen MR) is 81.1 cm³/mol. The molecule has 1 heterocycles. The van der Waals surface area contributed by atoms with Crippen molar-refractivity contribution in [2.75, 3.05) is 33.0 Å². The van der Waals surface area contributed by atoms with Crippen LogP contribution in [-0.4, -0.2) is 39.3 Å². The van der Waals surface area contributed by atoms with Gasteiger partial charge in [0.15, 0.2) is 6.29 Å². The molecule has 118 valence electrons. The normalized spacial score (nSPS) is 18.8. The van der Waals surface area contributed by atoms with Crippen molar-refractivity contribution in [2.24, 2.45) is 0 Å². The number of hydrogen-bond acceptors (Lipinski definition) is 4. The Labute approximate surface area is 127 Å². The van der Waals surface area contributed by atoms with Crippen molar-refractivity contribution in [3.05, 3.63) is 35.9 Å². The summed E-state index contributed by atoms with van der Waals surface area (Å²) >= 11 is 0. The molecule has 0 amide bonds. The minimum Gasteiger partial charge on any atom is -0.379 e. The fourth-order valence-corrected chi connectivity index (χ4v) is 2.21. The summed E-state index contributed by atoms with van der Waals surface area (Å²) in [7, 11) is 0. The average molecular weight is 294 g/mol. The first-order chi connectivity index (χ1) is 10.4. The van der Waals surface area contributed by atoms with E-state index in [4.69, 9.17) is 18.9 Å². The molecule has 0 aromatic heterocycles. The Morgan fingerprint density at radius 3 is 2.62 bits per heavy atom. The Bertz CT molecular complexity index is 349. The summed E-state index contributed by atoms with van der Waals surface area (Å²) in [5, 5.41) is 0. The molecule has 0 radical (unpaired) electrons. The number of ether oxygens (including phenoxy) is 4. The highest BCUT2D eigenvalue weighted by molar-refractivity contribution is 5.13. The Balaban J connectivity index is 1.35. The molecule has 0 aliphatic carbocycles. The van der Waals surface area contributed by atoms with E-state index in [1.165, 1.54) is 12.0 Å². The van der Waals surface area contributed by atoms with Gasteiger partial charge in [0.25, 0.3) is 0 Å². The van der Waals surface area contributed by atoms with Crippen LogP contribution in [0.2, 0.25) is 0 Å². The van der Waals surface area contributed by atoms with Crippen molar-refractivity contribution in [1.29, 1.82) is 0 Å². The SMILES string of the molecule is c1ccc(COCCCOCCO[C@H]2CCCCO2)cc1. The molecule has 21 heavy (non-hydrogen) atoms. The van der Waals surface area contributed by atoms with E-state index in [9.17, 15) is 0 Å². The van der Waals surface area contributed by atoms with Gasteiger partial charge in [-0.05, 0) is 31.2 Å². The fraction of sp³-hybridized carbons (Fsp3) is 0.647. The van der Waals surface area contributed by atoms with Gasteiger partial charge in [0.1, 0.15) is 0 Å². The molecule has 2 rings (SSSR count). The van der Waals surface area contributed by atoms with Gasteiger partial charge in [0.2, 0.25) is 0 Å². The van der Waals surface area contributed by atoms with Crippen LogP contribution in [0.15, 0.2) is 30.3 Å². The molecule has 1 saturated heterocycles. The van der Waals surface area contributed by atoms with E-state index in [0.29, 0.717) is 26.4 Å². The summed E-state index contributed by atoms with van der Waals surface area (Å²) in [5.41, 5.74) is 1.21. The Morgan fingerprint density at radius 1 is 0.952 bits per heavy atom. The Hall–Kier alpha value is -0.940. The van der Waals surface area contributed by atoms with Gasteiger partial charge in [-0.2, -0.15) is 0 Å². The molecule has 1 aliphatic heterocycles. The monoisotopic (exact) mass is 294 g/mol. The van der Waals surface area contributed by atoms with Crippen molar-refractivity contribution in [2.45, 2.75) is 38.6 Å². The van der Waals surface area contributed by atoms with Crippen LogP contribution in [0.5, 0.6) is 0 Å². The van der Waals surface area contributed by atoms with Gasteiger partial charge in [-0.3, -0.25) is 0 Å². The summed E-state index contributed by atoms with van der Waals surface area (Å²) in [6.45, 7) is 4.16. The number of benzene rings is 1. The van der Waals surface area contributed by atoms with E-state index in [1.807, 2.05) is 18.2 Å². The summed E-state index contributed by atoms with van der Waals surface area (Å²) in [6.07, 6.45) is 4.25. The van der Waals surface area contributed by atoms with Crippen LogP contribution in [0.4, 0.5) is 0 Å². The maximum atomic E-state index is 5.59. The molecule has 1 atom stereocenters. The molecule has 4 heteroatoms. The van der Waals surface area contributed by atoms with Crippen molar-refractivity contribution < 1.29 is 18.9 Å². The molecular weight excluding hydrogens is 268 g/mol. The third-order valence-electron chi connectivity index (χ3n) is 3.36. The molecule has 1 aromatic rings. The second kappa shape index (κ2) is 10.7. The van der Waals surface area contributed by atoms with Gasteiger partial charge in [-0.1, -0.05) is 30.3 Å². The molecule has 0 saturated carbocycles. The maximum absolute atomic E-state index is 5.59. The van der Waals surface area contributed by atoms with Crippen molar-refractivity contribution in [3.63, 3.8) is 0 Å². The zero-order chi connectivity index (χ0) is 14.6. The average Bonchev–Trinajstić information content (AvgIpc) is 2.55. The van der Waals surface area contributed by atoms with Gasteiger partial charge in [0, 0.05) is 19.8 Å². The molecule has 1 fully saturated rings. The van der Waals surface area contributed by atoms with Crippen LogP contribution < -0.4 is 0 Å². The van der Waals surface area contributed by atoms with Crippen LogP contribution in [0.1, 0.15) is 31.2 Å². The maximum Gasteiger partial charge on any atom is 0.157 e. The molecule has 0 N–H and O–H groups in total. The lowest BCUT2D eigenvalue weighted by Crippen LogP contribution is -2.24. The smallest absolute Gasteiger partial charge is 0.157 e. The van der Waals surface area contributed by atoms with Crippen LogP contribution in [0.25, 0.3) is 0 Å². The number of hydrogen-bond donors (Lipinski definition) is 0. The molecule has 1 aromatic carbocycles. The standard InChI is InChI=1S/C17H26O4/c1-2-7-16(8-3-1)15-19-11-6-10-18-13-14-21-17-9-4-5-12-20-17/h1-3,7-8,17H,4-6,9-15H2/t17-/m0/s1. The minimum absolute atomic E-state index is 0.0171. The van der Waals surface area contributed by atoms with Crippen molar-refractivity contribution in [1.82, 2.24) is 0 Å². The van der Waals surface area contributed by atoms with Crippen LogP contribution in [0, 0.1) is 0 Å². The zero-order valence-electron chi connectivity index (χ0n) is 12.7.